The number of piperazine rings is 1. The minimum absolute atomic E-state index is 0.119. The highest BCUT2D eigenvalue weighted by atomic mass is 16.4. The smallest absolute Gasteiger partial charge is 0.264 e. The predicted molar refractivity (Wildman–Crippen MR) is 110 cm³/mol. The van der Waals surface area contributed by atoms with Crippen molar-refractivity contribution < 1.29 is 9.21 Å². The number of hydrogen-bond donors (Lipinski definition) is 0. The molecule has 3 aromatic rings. The van der Waals surface area contributed by atoms with Gasteiger partial charge in [-0.1, -0.05) is 24.6 Å². The number of anilines is 1. The zero-order valence-corrected chi connectivity index (χ0v) is 16.4. The quantitative estimate of drug-likeness (QED) is 0.668. The number of carbonyl (C=O) groups is 1. The van der Waals surface area contributed by atoms with Crippen molar-refractivity contribution in [2.75, 3.05) is 31.1 Å². The van der Waals surface area contributed by atoms with Crippen LogP contribution in [0.2, 0.25) is 0 Å². The molecule has 7 heteroatoms. The normalized spacial score (nSPS) is 17.4. The molecule has 0 spiro atoms. The van der Waals surface area contributed by atoms with Crippen LogP contribution in [0, 0.1) is 0 Å². The van der Waals surface area contributed by atoms with Crippen LogP contribution in [-0.4, -0.2) is 51.8 Å². The average molecular weight is 391 g/mol. The first kappa shape index (κ1) is 18.0. The number of aromatic nitrogens is 3. The summed E-state index contributed by atoms with van der Waals surface area (Å²) >= 11 is 0. The SMILES string of the molecule is O=C(Cn1cccc1-c1nnc(C2CCC2)o1)N1CCN(c2ccccc2)CC1. The molecule has 1 amide bonds. The van der Waals surface area contributed by atoms with E-state index in [-0.39, 0.29) is 12.5 Å². The van der Waals surface area contributed by atoms with E-state index in [1.807, 2.05) is 46.0 Å². The third-order valence-corrected chi connectivity index (χ3v) is 6.00. The summed E-state index contributed by atoms with van der Waals surface area (Å²) in [6.45, 7) is 3.45. The Hall–Kier alpha value is -3.09. The van der Waals surface area contributed by atoms with Gasteiger partial charge in [0.1, 0.15) is 12.2 Å². The lowest BCUT2D eigenvalue weighted by molar-refractivity contribution is -0.132. The van der Waals surface area contributed by atoms with Gasteiger partial charge in [-0.15, -0.1) is 10.2 Å². The summed E-state index contributed by atoms with van der Waals surface area (Å²) in [6, 6.07) is 14.2. The van der Waals surface area contributed by atoms with Crippen LogP contribution in [0.4, 0.5) is 5.69 Å². The molecule has 0 bridgehead atoms. The first-order valence-corrected chi connectivity index (χ1v) is 10.3. The monoisotopic (exact) mass is 391 g/mol. The summed E-state index contributed by atoms with van der Waals surface area (Å²) in [5, 5.41) is 8.43. The Balaban J connectivity index is 1.22. The molecule has 5 rings (SSSR count). The Morgan fingerprint density at radius 1 is 1.00 bits per heavy atom. The molecule has 1 aliphatic carbocycles. The Kier molecular flexibility index (Phi) is 4.79. The van der Waals surface area contributed by atoms with E-state index in [2.05, 4.69) is 27.2 Å². The Morgan fingerprint density at radius 3 is 2.52 bits per heavy atom. The highest BCUT2D eigenvalue weighted by Crippen LogP contribution is 2.36. The Morgan fingerprint density at radius 2 is 1.79 bits per heavy atom. The van der Waals surface area contributed by atoms with Crippen LogP contribution in [-0.2, 0) is 11.3 Å². The van der Waals surface area contributed by atoms with E-state index in [0.717, 1.165) is 50.6 Å². The first-order chi connectivity index (χ1) is 14.3. The molecule has 0 radical (unpaired) electrons. The van der Waals surface area contributed by atoms with Crippen molar-refractivity contribution >= 4 is 11.6 Å². The van der Waals surface area contributed by atoms with Crippen molar-refractivity contribution in [2.24, 2.45) is 0 Å². The molecule has 1 aliphatic heterocycles. The van der Waals surface area contributed by atoms with E-state index in [0.29, 0.717) is 11.8 Å². The van der Waals surface area contributed by atoms with E-state index >= 15 is 0 Å². The van der Waals surface area contributed by atoms with E-state index in [9.17, 15) is 4.79 Å². The maximum absolute atomic E-state index is 12.9. The molecule has 1 aromatic carbocycles. The topological polar surface area (TPSA) is 67.4 Å². The van der Waals surface area contributed by atoms with Gasteiger partial charge in [0, 0.05) is 44.0 Å². The van der Waals surface area contributed by atoms with Crippen molar-refractivity contribution in [3.8, 4) is 11.6 Å². The van der Waals surface area contributed by atoms with Gasteiger partial charge in [-0.25, -0.2) is 0 Å². The summed E-state index contributed by atoms with van der Waals surface area (Å²) in [6.07, 6.45) is 5.37. The van der Waals surface area contributed by atoms with E-state index in [4.69, 9.17) is 4.42 Å². The molecule has 29 heavy (non-hydrogen) atoms. The van der Waals surface area contributed by atoms with E-state index < -0.39 is 0 Å². The second-order valence-corrected chi connectivity index (χ2v) is 7.80. The van der Waals surface area contributed by atoms with Gasteiger partial charge in [0.15, 0.2) is 0 Å². The van der Waals surface area contributed by atoms with Crippen molar-refractivity contribution in [3.05, 3.63) is 54.6 Å². The van der Waals surface area contributed by atoms with Gasteiger partial charge in [0.25, 0.3) is 5.89 Å². The second-order valence-electron chi connectivity index (χ2n) is 7.80. The van der Waals surface area contributed by atoms with Crippen LogP contribution in [0.25, 0.3) is 11.6 Å². The van der Waals surface area contributed by atoms with Gasteiger partial charge < -0.3 is 18.8 Å². The first-order valence-electron chi connectivity index (χ1n) is 10.3. The summed E-state index contributed by atoms with van der Waals surface area (Å²) < 4.78 is 7.79. The lowest BCUT2D eigenvalue weighted by atomic mass is 9.85. The summed E-state index contributed by atoms with van der Waals surface area (Å²) in [5.74, 6) is 1.75. The fourth-order valence-corrected chi connectivity index (χ4v) is 4.00. The van der Waals surface area contributed by atoms with Crippen LogP contribution in [0.3, 0.4) is 0 Å². The summed E-state index contributed by atoms with van der Waals surface area (Å²) in [7, 11) is 0. The van der Waals surface area contributed by atoms with Gasteiger partial charge in [0.05, 0.1) is 0 Å². The lowest BCUT2D eigenvalue weighted by Gasteiger charge is -2.36. The summed E-state index contributed by atoms with van der Waals surface area (Å²) in [5.41, 5.74) is 2.02. The molecule has 2 fully saturated rings. The van der Waals surface area contributed by atoms with E-state index in [1.54, 1.807) is 0 Å². The van der Waals surface area contributed by atoms with Gasteiger partial charge in [-0.2, -0.15) is 0 Å². The predicted octanol–water partition coefficient (Wildman–Crippen LogP) is 3.15. The van der Waals surface area contributed by atoms with Crippen LogP contribution in [0.1, 0.15) is 31.1 Å². The molecule has 0 atom stereocenters. The zero-order valence-electron chi connectivity index (χ0n) is 16.4. The number of hydrogen-bond acceptors (Lipinski definition) is 5. The molecular weight excluding hydrogens is 366 g/mol. The van der Waals surface area contributed by atoms with Crippen molar-refractivity contribution in [1.29, 1.82) is 0 Å². The molecule has 0 unspecified atom stereocenters. The van der Waals surface area contributed by atoms with E-state index in [1.165, 1.54) is 12.1 Å². The van der Waals surface area contributed by atoms with Crippen molar-refractivity contribution in [2.45, 2.75) is 31.7 Å². The molecule has 2 aromatic heterocycles. The molecule has 3 heterocycles. The molecular formula is C22H25N5O2. The maximum atomic E-state index is 12.9. The Bertz CT molecular complexity index is 968. The molecule has 1 saturated carbocycles. The van der Waals surface area contributed by atoms with Gasteiger partial charge in [0.2, 0.25) is 11.8 Å². The van der Waals surface area contributed by atoms with Crippen LogP contribution in [0.15, 0.2) is 53.1 Å². The third-order valence-electron chi connectivity index (χ3n) is 6.00. The second kappa shape index (κ2) is 7.73. The van der Waals surface area contributed by atoms with Crippen LogP contribution >= 0.6 is 0 Å². The lowest BCUT2D eigenvalue weighted by Crippen LogP contribution is -2.49. The van der Waals surface area contributed by atoms with Crippen LogP contribution < -0.4 is 4.90 Å². The number of rotatable bonds is 5. The Labute approximate surface area is 169 Å². The number of amides is 1. The maximum Gasteiger partial charge on any atom is 0.264 e. The van der Waals surface area contributed by atoms with Crippen LogP contribution in [0.5, 0.6) is 0 Å². The molecule has 1 saturated heterocycles. The average Bonchev–Trinajstić information content (AvgIpc) is 3.37. The van der Waals surface area contributed by atoms with Gasteiger partial charge >= 0.3 is 0 Å². The highest BCUT2D eigenvalue weighted by Gasteiger charge is 2.26. The fraction of sp³-hybridized carbons (Fsp3) is 0.409. The molecule has 2 aliphatic rings. The number of para-hydroxylation sites is 1. The third kappa shape index (κ3) is 3.64. The number of benzene rings is 1. The summed E-state index contributed by atoms with van der Waals surface area (Å²) in [4.78, 5) is 17.1. The molecule has 150 valence electrons. The van der Waals surface area contributed by atoms with Crippen molar-refractivity contribution in [3.63, 3.8) is 0 Å². The van der Waals surface area contributed by atoms with Gasteiger partial charge in [-0.05, 0) is 37.1 Å². The van der Waals surface area contributed by atoms with Gasteiger partial charge in [-0.3, -0.25) is 4.79 Å². The minimum Gasteiger partial charge on any atom is -0.419 e. The largest absolute Gasteiger partial charge is 0.419 e. The molecule has 0 N–H and O–H groups in total. The minimum atomic E-state index is 0.119. The van der Waals surface area contributed by atoms with Crippen molar-refractivity contribution in [1.82, 2.24) is 19.7 Å². The standard InChI is InChI=1S/C22H25N5O2/c28-20(26-14-12-25(13-15-26)18-8-2-1-3-9-18)16-27-11-5-10-19(27)22-24-23-21(29-22)17-6-4-7-17/h1-3,5,8-11,17H,4,6-7,12-16H2. The number of carbonyl (C=O) groups excluding carboxylic acids is 1. The fourth-order valence-electron chi connectivity index (χ4n) is 4.00. The highest BCUT2D eigenvalue weighted by molar-refractivity contribution is 5.77. The molecule has 7 nitrogen and oxygen atoms in total. The number of nitrogens with zero attached hydrogens (tertiary/aromatic N) is 5. The zero-order chi connectivity index (χ0) is 19.6.